The van der Waals surface area contributed by atoms with Gasteiger partial charge in [-0.2, -0.15) is 4.31 Å². The van der Waals surface area contributed by atoms with Gasteiger partial charge >= 0.3 is 0 Å². The maximum Gasteiger partial charge on any atom is 0.222 e. The summed E-state index contributed by atoms with van der Waals surface area (Å²) in [5.41, 5.74) is 1.16. The molecule has 0 bridgehead atoms. The van der Waals surface area contributed by atoms with Crippen molar-refractivity contribution in [2.45, 2.75) is 26.2 Å². The van der Waals surface area contributed by atoms with E-state index >= 15 is 0 Å². The van der Waals surface area contributed by atoms with Crippen molar-refractivity contribution in [3.8, 4) is 0 Å². The molecule has 0 saturated carbocycles. The summed E-state index contributed by atoms with van der Waals surface area (Å²) in [6, 6.07) is 9.92. The highest BCUT2D eigenvalue weighted by atomic mass is 32.2. The Labute approximate surface area is 133 Å². The third-order valence-corrected chi connectivity index (χ3v) is 5.95. The van der Waals surface area contributed by atoms with E-state index in [-0.39, 0.29) is 11.7 Å². The number of nitrogens with zero attached hydrogens (tertiary/aromatic N) is 2. The molecule has 1 saturated heterocycles. The monoisotopic (exact) mass is 324 g/mol. The van der Waals surface area contributed by atoms with Crippen molar-refractivity contribution in [3.63, 3.8) is 0 Å². The quantitative estimate of drug-likeness (QED) is 0.797. The largest absolute Gasteiger partial charge is 0.340 e. The molecule has 1 aromatic carbocycles. The summed E-state index contributed by atoms with van der Waals surface area (Å²) >= 11 is 0. The molecule has 122 valence electrons. The Balaban J connectivity index is 1.80. The Kier molecular flexibility index (Phi) is 5.97. The fourth-order valence-corrected chi connectivity index (χ4v) is 4.16. The van der Waals surface area contributed by atoms with Crippen LogP contribution in [0.5, 0.6) is 0 Å². The molecule has 0 N–H and O–H groups in total. The standard InChI is InChI=1S/C16H24N2O3S/c1-2-16(19)17-10-12-18(13-11-17)22(20,21)14-6-9-15-7-4-3-5-8-15/h3-5,7-8H,2,6,9-14H2,1H3. The van der Waals surface area contributed by atoms with Crippen molar-refractivity contribution in [3.05, 3.63) is 35.9 Å². The molecule has 6 heteroatoms. The van der Waals surface area contributed by atoms with E-state index in [0.29, 0.717) is 39.0 Å². The van der Waals surface area contributed by atoms with Gasteiger partial charge in [-0.15, -0.1) is 0 Å². The van der Waals surface area contributed by atoms with E-state index in [1.807, 2.05) is 37.3 Å². The van der Waals surface area contributed by atoms with Crippen LogP contribution in [0.2, 0.25) is 0 Å². The minimum Gasteiger partial charge on any atom is -0.340 e. The van der Waals surface area contributed by atoms with Crippen LogP contribution >= 0.6 is 0 Å². The highest BCUT2D eigenvalue weighted by Gasteiger charge is 2.27. The zero-order valence-corrected chi connectivity index (χ0v) is 13.9. The van der Waals surface area contributed by atoms with Crippen molar-refractivity contribution in [2.24, 2.45) is 0 Å². The van der Waals surface area contributed by atoms with Crippen LogP contribution in [0.25, 0.3) is 0 Å². The number of sulfonamides is 1. The van der Waals surface area contributed by atoms with Crippen LogP contribution < -0.4 is 0 Å². The van der Waals surface area contributed by atoms with Crippen LogP contribution in [0.4, 0.5) is 0 Å². The molecule has 0 unspecified atom stereocenters. The molecule has 2 rings (SSSR count). The van der Waals surface area contributed by atoms with E-state index in [4.69, 9.17) is 0 Å². The van der Waals surface area contributed by atoms with E-state index in [0.717, 1.165) is 12.0 Å². The molecule has 0 spiro atoms. The molecular weight excluding hydrogens is 300 g/mol. The number of rotatable bonds is 6. The van der Waals surface area contributed by atoms with E-state index in [2.05, 4.69) is 0 Å². The van der Waals surface area contributed by atoms with Crippen LogP contribution in [0.3, 0.4) is 0 Å². The highest BCUT2D eigenvalue weighted by molar-refractivity contribution is 7.89. The van der Waals surface area contributed by atoms with Gasteiger partial charge < -0.3 is 4.90 Å². The summed E-state index contributed by atoms with van der Waals surface area (Å²) in [5.74, 6) is 0.269. The Bertz CT molecular complexity index is 579. The number of amides is 1. The summed E-state index contributed by atoms with van der Waals surface area (Å²) in [5, 5.41) is 0. The summed E-state index contributed by atoms with van der Waals surface area (Å²) in [6.07, 6.45) is 1.87. The first-order valence-electron chi connectivity index (χ1n) is 7.82. The summed E-state index contributed by atoms with van der Waals surface area (Å²) < 4.78 is 26.2. The van der Waals surface area contributed by atoms with Gasteiger partial charge in [0.05, 0.1) is 5.75 Å². The van der Waals surface area contributed by atoms with E-state index < -0.39 is 10.0 Å². The fourth-order valence-electron chi connectivity index (χ4n) is 2.67. The van der Waals surface area contributed by atoms with E-state index in [1.165, 1.54) is 4.31 Å². The first-order valence-corrected chi connectivity index (χ1v) is 9.43. The van der Waals surface area contributed by atoms with Gasteiger partial charge in [0.1, 0.15) is 0 Å². The fraction of sp³-hybridized carbons (Fsp3) is 0.562. The van der Waals surface area contributed by atoms with Gasteiger partial charge in [0.25, 0.3) is 0 Å². The average molecular weight is 324 g/mol. The van der Waals surface area contributed by atoms with Crippen molar-refractivity contribution in [1.29, 1.82) is 0 Å². The molecule has 0 radical (unpaired) electrons. The zero-order chi connectivity index (χ0) is 16.0. The number of benzene rings is 1. The molecular formula is C16H24N2O3S. The van der Waals surface area contributed by atoms with Crippen molar-refractivity contribution in [1.82, 2.24) is 9.21 Å². The molecule has 1 fully saturated rings. The van der Waals surface area contributed by atoms with Gasteiger partial charge in [0.15, 0.2) is 0 Å². The van der Waals surface area contributed by atoms with Gasteiger partial charge in [-0.05, 0) is 18.4 Å². The van der Waals surface area contributed by atoms with Crippen LogP contribution in [0.15, 0.2) is 30.3 Å². The average Bonchev–Trinajstić information content (AvgIpc) is 2.55. The number of aryl methyl sites for hydroxylation is 1. The maximum atomic E-state index is 12.3. The minimum atomic E-state index is -3.21. The van der Waals surface area contributed by atoms with Crippen molar-refractivity contribution >= 4 is 15.9 Å². The number of piperazine rings is 1. The first kappa shape index (κ1) is 17.0. The lowest BCUT2D eigenvalue weighted by Crippen LogP contribution is -2.50. The predicted molar refractivity (Wildman–Crippen MR) is 87.0 cm³/mol. The van der Waals surface area contributed by atoms with Gasteiger partial charge in [0.2, 0.25) is 15.9 Å². The van der Waals surface area contributed by atoms with Crippen molar-refractivity contribution in [2.75, 3.05) is 31.9 Å². The normalized spacial score (nSPS) is 16.7. The van der Waals surface area contributed by atoms with Crippen LogP contribution in [0.1, 0.15) is 25.3 Å². The first-order chi connectivity index (χ1) is 10.5. The lowest BCUT2D eigenvalue weighted by molar-refractivity contribution is -0.132. The zero-order valence-electron chi connectivity index (χ0n) is 13.1. The van der Waals surface area contributed by atoms with Crippen LogP contribution in [-0.4, -0.2) is 55.5 Å². The molecule has 1 amide bonds. The Hall–Kier alpha value is -1.40. The Morgan fingerprint density at radius 3 is 2.32 bits per heavy atom. The lowest BCUT2D eigenvalue weighted by Gasteiger charge is -2.33. The predicted octanol–water partition coefficient (Wildman–Crippen LogP) is 1.50. The van der Waals surface area contributed by atoms with Crippen molar-refractivity contribution < 1.29 is 13.2 Å². The molecule has 1 aromatic rings. The molecule has 0 aromatic heterocycles. The molecule has 1 aliphatic rings. The number of carbonyl (C=O) groups excluding carboxylic acids is 1. The van der Waals surface area contributed by atoms with E-state index in [9.17, 15) is 13.2 Å². The second-order valence-electron chi connectivity index (χ2n) is 5.54. The van der Waals surface area contributed by atoms with Gasteiger partial charge in [0, 0.05) is 32.6 Å². The molecule has 0 aliphatic carbocycles. The molecule has 5 nitrogen and oxygen atoms in total. The Morgan fingerprint density at radius 1 is 1.09 bits per heavy atom. The van der Waals surface area contributed by atoms with Gasteiger partial charge in [-0.25, -0.2) is 8.42 Å². The number of hydrogen-bond donors (Lipinski definition) is 0. The van der Waals surface area contributed by atoms with E-state index in [1.54, 1.807) is 4.90 Å². The lowest BCUT2D eigenvalue weighted by atomic mass is 10.1. The SMILES string of the molecule is CCC(=O)N1CCN(S(=O)(=O)CCCc2ccccc2)CC1. The topological polar surface area (TPSA) is 57.7 Å². The molecule has 1 aliphatic heterocycles. The third kappa shape index (κ3) is 4.55. The Morgan fingerprint density at radius 2 is 1.73 bits per heavy atom. The minimum absolute atomic E-state index is 0.0983. The molecule has 0 atom stereocenters. The summed E-state index contributed by atoms with van der Waals surface area (Å²) in [6.45, 7) is 3.67. The number of carbonyl (C=O) groups is 1. The highest BCUT2D eigenvalue weighted by Crippen LogP contribution is 2.11. The molecule has 1 heterocycles. The second-order valence-corrected chi connectivity index (χ2v) is 7.63. The number of hydrogen-bond acceptors (Lipinski definition) is 3. The molecule has 22 heavy (non-hydrogen) atoms. The third-order valence-electron chi connectivity index (χ3n) is 4.00. The van der Waals surface area contributed by atoms with Gasteiger partial charge in [-0.3, -0.25) is 4.79 Å². The smallest absolute Gasteiger partial charge is 0.222 e. The summed E-state index contributed by atoms with van der Waals surface area (Å²) in [7, 11) is -3.21. The second kappa shape index (κ2) is 7.74. The summed E-state index contributed by atoms with van der Waals surface area (Å²) in [4.78, 5) is 13.4. The van der Waals surface area contributed by atoms with Crippen LogP contribution in [0, 0.1) is 0 Å². The van der Waals surface area contributed by atoms with Crippen LogP contribution in [-0.2, 0) is 21.2 Å². The maximum absolute atomic E-state index is 12.3. The van der Waals surface area contributed by atoms with Gasteiger partial charge in [-0.1, -0.05) is 37.3 Å².